The summed E-state index contributed by atoms with van der Waals surface area (Å²) in [5.74, 6) is 2.98. The second-order valence-corrected chi connectivity index (χ2v) is 8.14. The van der Waals surface area contributed by atoms with Gasteiger partial charge in [0.05, 0.1) is 5.60 Å². The molecule has 1 atom stereocenters. The first-order chi connectivity index (χ1) is 8.40. The van der Waals surface area contributed by atoms with E-state index in [1.807, 2.05) is 13.8 Å². The van der Waals surface area contributed by atoms with Gasteiger partial charge >= 0.3 is 0 Å². The van der Waals surface area contributed by atoms with Crippen molar-refractivity contribution in [2.24, 2.45) is 23.2 Å². The fraction of sp³-hybridized carbons (Fsp3) is 1.00. The molecule has 4 saturated carbocycles. The Morgan fingerprint density at radius 1 is 1.11 bits per heavy atom. The Labute approximate surface area is 112 Å². The van der Waals surface area contributed by atoms with E-state index >= 15 is 0 Å². The summed E-state index contributed by atoms with van der Waals surface area (Å²) in [5.41, 5.74) is -0.0412. The molecule has 4 bridgehead atoms. The van der Waals surface area contributed by atoms with Crippen molar-refractivity contribution < 1.29 is 5.11 Å². The van der Waals surface area contributed by atoms with Crippen LogP contribution in [-0.2, 0) is 0 Å². The summed E-state index contributed by atoms with van der Waals surface area (Å²) in [5, 5.41) is 13.7. The maximum absolute atomic E-state index is 10.2. The summed E-state index contributed by atoms with van der Waals surface area (Å²) in [4.78, 5) is 0. The number of hydrogen-bond acceptors (Lipinski definition) is 2. The van der Waals surface area contributed by atoms with Crippen LogP contribution in [0.1, 0.15) is 58.8 Å². The molecule has 0 aliphatic heterocycles. The van der Waals surface area contributed by atoms with E-state index in [-0.39, 0.29) is 0 Å². The summed E-state index contributed by atoms with van der Waals surface area (Å²) in [6, 6.07) is 0.505. The monoisotopic (exact) mass is 251 g/mol. The maximum Gasteiger partial charge on any atom is 0.0606 e. The fourth-order valence-electron chi connectivity index (χ4n) is 5.73. The average molecular weight is 251 g/mol. The van der Waals surface area contributed by atoms with E-state index in [0.29, 0.717) is 11.5 Å². The van der Waals surface area contributed by atoms with Gasteiger partial charge in [0.15, 0.2) is 0 Å². The lowest BCUT2D eigenvalue weighted by molar-refractivity contribution is -0.0866. The Morgan fingerprint density at radius 2 is 1.56 bits per heavy atom. The van der Waals surface area contributed by atoms with E-state index in [9.17, 15) is 5.11 Å². The summed E-state index contributed by atoms with van der Waals surface area (Å²) in [7, 11) is 2.09. The standard InChI is InChI=1S/C16H29NO/c1-15(2,18)10-14(17-3)16-7-11-4-12(8-16)6-13(5-11)9-16/h11-14,17-18H,4-10H2,1-3H3. The third-order valence-corrected chi connectivity index (χ3v) is 5.88. The van der Waals surface area contributed by atoms with Crippen LogP contribution < -0.4 is 5.32 Å². The molecule has 2 N–H and O–H groups in total. The smallest absolute Gasteiger partial charge is 0.0606 e. The average Bonchev–Trinajstić information content (AvgIpc) is 2.22. The zero-order chi connectivity index (χ0) is 13.0. The van der Waals surface area contributed by atoms with Crippen molar-refractivity contribution in [3.8, 4) is 0 Å². The Hall–Kier alpha value is -0.0800. The van der Waals surface area contributed by atoms with Crippen LogP contribution in [-0.4, -0.2) is 23.8 Å². The Kier molecular flexibility index (Phi) is 3.02. The predicted molar refractivity (Wildman–Crippen MR) is 74.4 cm³/mol. The van der Waals surface area contributed by atoms with Gasteiger partial charge < -0.3 is 10.4 Å². The molecule has 1 unspecified atom stereocenters. The molecule has 4 fully saturated rings. The molecule has 18 heavy (non-hydrogen) atoms. The van der Waals surface area contributed by atoms with E-state index in [4.69, 9.17) is 0 Å². The highest BCUT2D eigenvalue weighted by molar-refractivity contribution is 5.06. The summed E-state index contributed by atoms with van der Waals surface area (Å²) < 4.78 is 0. The molecule has 4 rings (SSSR count). The van der Waals surface area contributed by atoms with E-state index in [1.54, 1.807) is 0 Å². The van der Waals surface area contributed by atoms with Gasteiger partial charge in [0.25, 0.3) is 0 Å². The summed E-state index contributed by atoms with van der Waals surface area (Å²) in [6.45, 7) is 3.91. The van der Waals surface area contributed by atoms with Crippen LogP contribution in [0.3, 0.4) is 0 Å². The van der Waals surface area contributed by atoms with Crippen LogP contribution in [0.2, 0.25) is 0 Å². The number of hydrogen-bond donors (Lipinski definition) is 2. The summed E-state index contributed by atoms with van der Waals surface area (Å²) >= 11 is 0. The van der Waals surface area contributed by atoms with Gasteiger partial charge in [-0.05, 0) is 89.0 Å². The molecule has 4 aliphatic carbocycles. The first-order valence-electron chi connectivity index (χ1n) is 7.80. The van der Waals surface area contributed by atoms with E-state index in [0.717, 1.165) is 24.2 Å². The highest BCUT2D eigenvalue weighted by atomic mass is 16.3. The highest BCUT2D eigenvalue weighted by Gasteiger charge is 2.54. The molecule has 0 spiro atoms. The second-order valence-electron chi connectivity index (χ2n) is 8.14. The Bertz CT molecular complexity index is 282. The molecule has 0 heterocycles. The lowest BCUT2D eigenvalue weighted by Gasteiger charge is -2.60. The third-order valence-electron chi connectivity index (χ3n) is 5.88. The number of nitrogens with one attached hydrogen (secondary N) is 1. The van der Waals surface area contributed by atoms with Gasteiger partial charge in [-0.1, -0.05) is 0 Å². The number of aliphatic hydroxyl groups is 1. The van der Waals surface area contributed by atoms with Gasteiger partial charge in [-0.2, -0.15) is 0 Å². The van der Waals surface area contributed by atoms with E-state index < -0.39 is 5.60 Å². The molecule has 104 valence electrons. The van der Waals surface area contributed by atoms with Crippen LogP contribution >= 0.6 is 0 Å². The summed E-state index contributed by atoms with van der Waals surface area (Å²) in [6.07, 6.45) is 9.64. The maximum atomic E-state index is 10.2. The lowest BCUT2D eigenvalue weighted by atomic mass is 9.47. The van der Waals surface area contributed by atoms with Crippen LogP contribution in [0.15, 0.2) is 0 Å². The van der Waals surface area contributed by atoms with Crippen molar-refractivity contribution in [3.05, 3.63) is 0 Å². The highest BCUT2D eigenvalue weighted by Crippen LogP contribution is 2.61. The molecular weight excluding hydrogens is 222 g/mol. The van der Waals surface area contributed by atoms with Crippen molar-refractivity contribution >= 4 is 0 Å². The van der Waals surface area contributed by atoms with Crippen molar-refractivity contribution in [1.29, 1.82) is 0 Å². The molecule has 0 amide bonds. The SMILES string of the molecule is CNC(CC(C)(C)O)C12CC3CC(CC(C3)C1)C2. The van der Waals surface area contributed by atoms with Gasteiger partial charge in [0.1, 0.15) is 0 Å². The van der Waals surface area contributed by atoms with E-state index in [2.05, 4.69) is 12.4 Å². The van der Waals surface area contributed by atoms with Gasteiger partial charge in [0.2, 0.25) is 0 Å². The number of rotatable bonds is 4. The molecule has 0 aromatic heterocycles. The van der Waals surface area contributed by atoms with Crippen LogP contribution in [0, 0.1) is 23.2 Å². The van der Waals surface area contributed by atoms with Crippen LogP contribution in [0.5, 0.6) is 0 Å². The zero-order valence-corrected chi connectivity index (χ0v) is 12.2. The van der Waals surface area contributed by atoms with Gasteiger partial charge in [-0.25, -0.2) is 0 Å². The molecule has 0 aromatic rings. The lowest BCUT2D eigenvalue weighted by Crippen LogP contribution is -2.56. The fourth-order valence-corrected chi connectivity index (χ4v) is 5.73. The molecule has 2 heteroatoms. The first-order valence-corrected chi connectivity index (χ1v) is 7.80. The predicted octanol–water partition coefficient (Wildman–Crippen LogP) is 2.95. The molecular formula is C16H29NO. The molecule has 0 radical (unpaired) electrons. The van der Waals surface area contributed by atoms with Crippen LogP contribution in [0.25, 0.3) is 0 Å². The first kappa shape index (κ1) is 12.9. The topological polar surface area (TPSA) is 32.3 Å². The largest absolute Gasteiger partial charge is 0.390 e. The molecule has 4 aliphatic rings. The minimum absolute atomic E-state index is 0.503. The van der Waals surface area contributed by atoms with Crippen molar-refractivity contribution in [3.63, 3.8) is 0 Å². The zero-order valence-electron chi connectivity index (χ0n) is 12.2. The second kappa shape index (κ2) is 4.21. The normalized spacial score (nSPS) is 44.3. The van der Waals surface area contributed by atoms with Crippen LogP contribution in [0.4, 0.5) is 0 Å². The minimum Gasteiger partial charge on any atom is -0.390 e. The van der Waals surface area contributed by atoms with Gasteiger partial charge in [0, 0.05) is 6.04 Å². The van der Waals surface area contributed by atoms with E-state index in [1.165, 1.54) is 38.5 Å². The Balaban J connectivity index is 1.80. The molecule has 2 nitrogen and oxygen atoms in total. The van der Waals surface area contributed by atoms with Gasteiger partial charge in [-0.15, -0.1) is 0 Å². The minimum atomic E-state index is -0.545. The Morgan fingerprint density at radius 3 is 1.89 bits per heavy atom. The van der Waals surface area contributed by atoms with Crippen molar-refractivity contribution in [2.75, 3.05) is 7.05 Å². The van der Waals surface area contributed by atoms with Crippen molar-refractivity contribution in [1.82, 2.24) is 5.32 Å². The quantitative estimate of drug-likeness (QED) is 0.805. The van der Waals surface area contributed by atoms with Crippen molar-refractivity contribution in [2.45, 2.75) is 70.4 Å². The molecule has 0 saturated heterocycles. The third kappa shape index (κ3) is 2.22. The van der Waals surface area contributed by atoms with Gasteiger partial charge in [-0.3, -0.25) is 0 Å². The molecule has 0 aromatic carbocycles.